The summed E-state index contributed by atoms with van der Waals surface area (Å²) in [7, 11) is 0. The minimum atomic E-state index is -0.0236. The first kappa shape index (κ1) is 13.4. The summed E-state index contributed by atoms with van der Waals surface area (Å²) in [6.07, 6.45) is 1.09. The fraction of sp³-hybridized carbons (Fsp3) is 0.643. The number of nitrogens with two attached hydrogens (primary N) is 1. The van der Waals surface area contributed by atoms with E-state index in [0.29, 0.717) is 10.9 Å². The smallest absolute Gasteiger partial charge is 0.254 e. The van der Waals surface area contributed by atoms with E-state index in [1.807, 2.05) is 13.8 Å². The predicted molar refractivity (Wildman–Crippen MR) is 77.4 cm³/mol. The molecule has 0 saturated carbocycles. The van der Waals surface area contributed by atoms with Gasteiger partial charge < -0.3 is 11.1 Å². The Morgan fingerprint density at radius 1 is 1.50 bits per heavy atom. The molecular weight excluding hydrogens is 244 g/mol. The van der Waals surface area contributed by atoms with Gasteiger partial charge in [0.15, 0.2) is 0 Å². The lowest BCUT2D eigenvalue weighted by Gasteiger charge is -2.17. The summed E-state index contributed by atoms with van der Waals surface area (Å²) in [5.74, 6) is 0.390. The number of nitrogen functional groups attached to an aromatic ring is 1. The molecule has 1 aliphatic carbocycles. The van der Waals surface area contributed by atoms with Crippen LogP contribution in [0.3, 0.4) is 0 Å². The highest BCUT2D eigenvalue weighted by atomic mass is 32.1. The van der Waals surface area contributed by atoms with Gasteiger partial charge in [0.2, 0.25) is 0 Å². The van der Waals surface area contributed by atoms with Crippen molar-refractivity contribution in [2.45, 2.75) is 58.4 Å². The van der Waals surface area contributed by atoms with E-state index in [0.717, 1.165) is 12.0 Å². The molecule has 0 fully saturated rings. The maximum atomic E-state index is 12.3. The summed E-state index contributed by atoms with van der Waals surface area (Å²) in [6, 6.07) is 0.136. The highest BCUT2D eigenvalue weighted by molar-refractivity contribution is 7.16. The fourth-order valence-corrected chi connectivity index (χ4v) is 4.26. The predicted octanol–water partition coefficient (Wildman–Crippen LogP) is 3.25. The van der Waals surface area contributed by atoms with Crippen molar-refractivity contribution < 1.29 is 4.79 Å². The van der Waals surface area contributed by atoms with Crippen LogP contribution in [-0.4, -0.2) is 11.9 Å². The quantitative estimate of drug-likeness (QED) is 0.863. The number of hydrogen-bond donors (Lipinski definition) is 2. The number of rotatable bonds is 2. The van der Waals surface area contributed by atoms with Gasteiger partial charge in [-0.3, -0.25) is 4.79 Å². The maximum absolute atomic E-state index is 12.3. The van der Waals surface area contributed by atoms with E-state index in [-0.39, 0.29) is 17.4 Å². The summed E-state index contributed by atoms with van der Waals surface area (Å²) < 4.78 is 0. The van der Waals surface area contributed by atoms with Crippen LogP contribution in [0.25, 0.3) is 0 Å². The van der Waals surface area contributed by atoms with Crippen LogP contribution in [0.5, 0.6) is 0 Å². The van der Waals surface area contributed by atoms with Crippen LogP contribution < -0.4 is 11.1 Å². The van der Waals surface area contributed by atoms with Crippen molar-refractivity contribution in [1.82, 2.24) is 5.32 Å². The average Bonchev–Trinajstić information content (AvgIpc) is 2.63. The number of thiophene rings is 1. The van der Waals surface area contributed by atoms with Gasteiger partial charge in [-0.15, -0.1) is 11.3 Å². The lowest BCUT2D eigenvalue weighted by atomic mass is 9.91. The molecule has 0 aromatic carbocycles. The second-order valence-electron chi connectivity index (χ2n) is 6.20. The molecular formula is C14H22N2OS. The van der Waals surface area contributed by atoms with Gasteiger partial charge in [-0.25, -0.2) is 0 Å². The lowest BCUT2D eigenvalue weighted by molar-refractivity contribution is 0.0943. The van der Waals surface area contributed by atoms with E-state index < -0.39 is 0 Å². The fourth-order valence-electron chi connectivity index (χ4n) is 2.96. The van der Waals surface area contributed by atoms with Crippen LogP contribution in [0.15, 0.2) is 0 Å². The van der Waals surface area contributed by atoms with Gasteiger partial charge in [0, 0.05) is 16.3 Å². The normalized spacial score (nSPS) is 21.1. The molecule has 0 radical (unpaired) electrons. The zero-order valence-electron chi connectivity index (χ0n) is 11.8. The number of amides is 1. The van der Waals surface area contributed by atoms with Crippen molar-refractivity contribution in [2.75, 3.05) is 5.73 Å². The first-order valence-corrected chi connectivity index (χ1v) is 7.29. The van der Waals surface area contributed by atoms with E-state index >= 15 is 0 Å². The van der Waals surface area contributed by atoms with Crippen LogP contribution in [0.4, 0.5) is 5.00 Å². The molecule has 1 atom stereocenters. The number of carbonyl (C=O) groups is 1. The summed E-state index contributed by atoms with van der Waals surface area (Å²) >= 11 is 1.59. The van der Waals surface area contributed by atoms with Gasteiger partial charge in [0.05, 0.1) is 10.6 Å². The maximum Gasteiger partial charge on any atom is 0.254 e. The first-order chi connectivity index (χ1) is 8.24. The molecule has 3 N–H and O–H groups in total. The monoisotopic (exact) mass is 266 g/mol. The number of anilines is 1. The molecule has 0 aliphatic heterocycles. The van der Waals surface area contributed by atoms with E-state index in [9.17, 15) is 4.79 Å². The second-order valence-corrected chi connectivity index (χ2v) is 7.25. The Morgan fingerprint density at radius 3 is 2.67 bits per heavy atom. The highest BCUT2D eigenvalue weighted by Crippen LogP contribution is 2.52. The Kier molecular flexibility index (Phi) is 3.18. The molecule has 1 aromatic heterocycles. The Morgan fingerprint density at radius 2 is 2.11 bits per heavy atom. The van der Waals surface area contributed by atoms with Crippen molar-refractivity contribution >= 4 is 22.2 Å². The van der Waals surface area contributed by atoms with Gasteiger partial charge in [0.1, 0.15) is 0 Å². The lowest BCUT2D eigenvalue weighted by Crippen LogP contribution is -2.31. The van der Waals surface area contributed by atoms with Gasteiger partial charge in [-0.2, -0.15) is 0 Å². The van der Waals surface area contributed by atoms with E-state index in [2.05, 4.69) is 26.1 Å². The van der Waals surface area contributed by atoms with E-state index in [1.165, 1.54) is 10.4 Å². The van der Waals surface area contributed by atoms with Crippen molar-refractivity contribution in [1.29, 1.82) is 0 Å². The van der Waals surface area contributed by atoms with E-state index in [1.54, 1.807) is 11.3 Å². The Labute approximate surface area is 113 Å². The average molecular weight is 266 g/mol. The van der Waals surface area contributed by atoms with Crippen molar-refractivity contribution in [3.8, 4) is 0 Å². The molecule has 4 heteroatoms. The topological polar surface area (TPSA) is 55.1 Å². The molecule has 18 heavy (non-hydrogen) atoms. The number of nitrogens with one attached hydrogen (secondary N) is 1. The zero-order chi connectivity index (χ0) is 13.7. The van der Waals surface area contributed by atoms with Crippen LogP contribution in [0.2, 0.25) is 0 Å². The summed E-state index contributed by atoms with van der Waals surface area (Å²) in [6.45, 7) is 10.6. The van der Waals surface area contributed by atoms with Crippen molar-refractivity contribution in [3.63, 3.8) is 0 Å². The van der Waals surface area contributed by atoms with Crippen LogP contribution >= 0.6 is 11.3 Å². The molecule has 0 saturated heterocycles. The number of carbonyl (C=O) groups excluding carboxylic acids is 1. The molecule has 0 bridgehead atoms. The Hall–Kier alpha value is -1.03. The van der Waals surface area contributed by atoms with Crippen LogP contribution in [0, 0.1) is 0 Å². The summed E-state index contributed by atoms with van der Waals surface area (Å²) in [5, 5.41) is 3.62. The molecule has 3 nitrogen and oxygen atoms in total. The Bertz CT molecular complexity index is 488. The minimum absolute atomic E-state index is 0.0236. The zero-order valence-corrected chi connectivity index (χ0v) is 12.6. The summed E-state index contributed by atoms with van der Waals surface area (Å²) in [5.41, 5.74) is 8.12. The number of fused-ring (bicyclic) bond motifs is 1. The van der Waals surface area contributed by atoms with Crippen LogP contribution in [0.1, 0.15) is 67.8 Å². The van der Waals surface area contributed by atoms with Crippen LogP contribution in [-0.2, 0) is 5.41 Å². The van der Waals surface area contributed by atoms with Crippen molar-refractivity contribution in [3.05, 3.63) is 16.0 Å². The highest BCUT2D eigenvalue weighted by Gasteiger charge is 2.40. The molecule has 2 rings (SSSR count). The molecule has 1 aromatic rings. The SMILES string of the molecule is CC(C)NC(=O)c1c(N)sc2c1C(C)CC2(C)C. The third-order valence-electron chi connectivity index (χ3n) is 3.54. The number of hydrogen-bond acceptors (Lipinski definition) is 3. The van der Waals surface area contributed by atoms with Gasteiger partial charge in [-0.05, 0) is 31.7 Å². The second kappa shape index (κ2) is 4.26. The van der Waals surface area contributed by atoms with Gasteiger partial charge in [-0.1, -0.05) is 20.8 Å². The third-order valence-corrected chi connectivity index (χ3v) is 4.94. The molecule has 1 amide bonds. The molecule has 1 heterocycles. The largest absolute Gasteiger partial charge is 0.390 e. The standard InChI is InChI=1S/C14H22N2OS/c1-7(2)16-13(17)10-9-8(3)6-14(4,5)11(9)18-12(10)15/h7-8H,6,15H2,1-5H3,(H,16,17). The van der Waals surface area contributed by atoms with Gasteiger partial charge in [0.25, 0.3) is 5.91 Å². The Balaban J connectivity index is 2.48. The first-order valence-electron chi connectivity index (χ1n) is 6.47. The molecule has 1 aliphatic rings. The van der Waals surface area contributed by atoms with Crippen molar-refractivity contribution in [2.24, 2.45) is 0 Å². The molecule has 0 spiro atoms. The third kappa shape index (κ3) is 2.03. The summed E-state index contributed by atoms with van der Waals surface area (Å²) in [4.78, 5) is 13.6. The van der Waals surface area contributed by atoms with Gasteiger partial charge >= 0.3 is 0 Å². The van der Waals surface area contributed by atoms with E-state index in [4.69, 9.17) is 5.73 Å². The molecule has 100 valence electrons. The molecule has 1 unspecified atom stereocenters. The minimum Gasteiger partial charge on any atom is -0.390 e.